The molecule has 1 aromatic carbocycles. The number of carbonyl (C=O) groups excluding carboxylic acids is 1. The van der Waals surface area contributed by atoms with Crippen LogP contribution in [0.15, 0.2) is 60.8 Å². The maximum Gasteiger partial charge on any atom is 0.357 e. The summed E-state index contributed by atoms with van der Waals surface area (Å²) in [4.78, 5) is 20.7. The molecule has 0 radical (unpaired) electrons. The molecule has 0 unspecified atom stereocenters. The molecule has 2 aromatic heterocycles. The van der Waals surface area contributed by atoms with Gasteiger partial charge in [0.15, 0.2) is 0 Å². The first-order valence-electron chi connectivity index (χ1n) is 6.72. The van der Waals surface area contributed by atoms with E-state index >= 15 is 0 Å². The summed E-state index contributed by atoms with van der Waals surface area (Å²) in [6, 6.07) is 16.7. The van der Waals surface area contributed by atoms with Gasteiger partial charge in [-0.25, -0.2) is 9.78 Å². The van der Waals surface area contributed by atoms with Crippen LogP contribution in [0.3, 0.4) is 0 Å². The molecule has 104 valence electrons. The smallest absolute Gasteiger partial charge is 0.357 e. The van der Waals surface area contributed by atoms with E-state index in [0.29, 0.717) is 11.4 Å². The van der Waals surface area contributed by atoms with Gasteiger partial charge in [-0.3, -0.25) is 4.98 Å². The van der Waals surface area contributed by atoms with Crippen LogP contribution in [-0.2, 0) is 4.74 Å². The van der Waals surface area contributed by atoms with Crippen LogP contribution in [0.5, 0.6) is 0 Å². The van der Waals surface area contributed by atoms with Crippen molar-refractivity contribution in [2.75, 3.05) is 0 Å². The van der Waals surface area contributed by atoms with Crippen molar-refractivity contribution < 1.29 is 9.53 Å². The number of rotatable bonds is 3. The number of aromatic nitrogens is 2. The SMILES string of the molecule is C[C@@H](OC(=O)c1ccc2ccccc2n1)c1ccccn1. The van der Waals surface area contributed by atoms with E-state index in [1.54, 1.807) is 19.2 Å². The number of hydrogen-bond acceptors (Lipinski definition) is 4. The van der Waals surface area contributed by atoms with Gasteiger partial charge in [-0.15, -0.1) is 0 Å². The van der Waals surface area contributed by atoms with E-state index in [2.05, 4.69) is 9.97 Å². The van der Waals surface area contributed by atoms with Crippen molar-refractivity contribution in [2.45, 2.75) is 13.0 Å². The Morgan fingerprint density at radius 1 is 1.05 bits per heavy atom. The van der Waals surface area contributed by atoms with Crippen LogP contribution in [0.4, 0.5) is 0 Å². The zero-order valence-electron chi connectivity index (χ0n) is 11.6. The molecular weight excluding hydrogens is 264 g/mol. The normalized spacial score (nSPS) is 12.0. The van der Waals surface area contributed by atoms with Crippen LogP contribution < -0.4 is 0 Å². The Labute approximate surface area is 122 Å². The Kier molecular flexibility index (Phi) is 3.60. The molecule has 0 amide bonds. The van der Waals surface area contributed by atoms with E-state index in [1.807, 2.05) is 48.5 Å². The first-order chi connectivity index (χ1) is 10.2. The van der Waals surface area contributed by atoms with E-state index in [0.717, 1.165) is 10.9 Å². The molecule has 0 spiro atoms. The lowest BCUT2D eigenvalue weighted by molar-refractivity contribution is 0.0323. The Balaban J connectivity index is 1.80. The van der Waals surface area contributed by atoms with E-state index < -0.39 is 12.1 Å². The molecule has 0 fully saturated rings. The lowest BCUT2D eigenvalue weighted by atomic mass is 10.2. The number of hydrogen-bond donors (Lipinski definition) is 0. The van der Waals surface area contributed by atoms with Crippen molar-refractivity contribution >= 4 is 16.9 Å². The number of ether oxygens (including phenoxy) is 1. The van der Waals surface area contributed by atoms with Gasteiger partial charge in [0.05, 0.1) is 11.2 Å². The molecule has 3 rings (SSSR count). The number of para-hydroxylation sites is 1. The van der Waals surface area contributed by atoms with Gasteiger partial charge >= 0.3 is 5.97 Å². The summed E-state index contributed by atoms with van der Waals surface area (Å²) in [6.45, 7) is 1.79. The van der Waals surface area contributed by atoms with Crippen molar-refractivity contribution in [1.82, 2.24) is 9.97 Å². The summed E-state index contributed by atoms with van der Waals surface area (Å²) in [6.07, 6.45) is 1.26. The minimum atomic E-state index is -0.445. The fourth-order valence-corrected chi connectivity index (χ4v) is 2.08. The molecule has 4 heteroatoms. The predicted octanol–water partition coefficient (Wildman–Crippen LogP) is 3.55. The largest absolute Gasteiger partial charge is 0.451 e. The van der Waals surface area contributed by atoms with Crippen molar-refractivity contribution in [3.63, 3.8) is 0 Å². The molecule has 2 heterocycles. The second kappa shape index (κ2) is 5.71. The predicted molar refractivity (Wildman–Crippen MR) is 79.8 cm³/mol. The van der Waals surface area contributed by atoms with Gasteiger partial charge in [-0.05, 0) is 31.2 Å². The minimum Gasteiger partial charge on any atom is -0.451 e. The third-order valence-corrected chi connectivity index (χ3v) is 3.20. The summed E-state index contributed by atoms with van der Waals surface area (Å²) in [5.74, 6) is -0.445. The minimum absolute atomic E-state index is 0.302. The van der Waals surface area contributed by atoms with Crippen LogP contribution >= 0.6 is 0 Å². The van der Waals surface area contributed by atoms with E-state index in [-0.39, 0.29) is 0 Å². The lowest BCUT2D eigenvalue weighted by Crippen LogP contribution is -2.11. The molecule has 0 aliphatic heterocycles. The average molecular weight is 278 g/mol. The highest BCUT2D eigenvalue weighted by atomic mass is 16.5. The number of pyridine rings is 2. The summed E-state index contributed by atoms with van der Waals surface area (Å²) in [7, 11) is 0. The molecule has 0 saturated carbocycles. The summed E-state index contributed by atoms with van der Waals surface area (Å²) in [5.41, 5.74) is 1.79. The number of nitrogens with zero attached hydrogens (tertiary/aromatic N) is 2. The maximum absolute atomic E-state index is 12.2. The zero-order chi connectivity index (χ0) is 14.7. The molecule has 21 heavy (non-hydrogen) atoms. The van der Waals surface area contributed by atoms with Crippen molar-refractivity contribution in [3.8, 4) is 0 Å². The molecular formula is C17H14N2O2. The van der Waals surface area contributed by atoms with Crippen molar-refractivity contribution in [2.24, 2.45) is 0 Å². The molecule has 0 aliphatic carbocycles. The fourth-order valence-electron chi connectivity index (χ4n) is 2.08. The number of carbonyl (C=O) groups is 1. The van der Waals surface area contributed by atoms with Gasteiger partial charge < -0.3 is 4.74 Å². The summed E-state index contributed by atoms with van der Waals surface area (Å²) >= 11 is 0. The second-order valence-electron chi connectivity index (χ2n) is 4.69. The highest BCUT2D eigenvalue weighted by Gasteiger charge is 2.15. The topological polar surface area (TPSA) is 52.1 Å². The maximum atomic E-state index is 12.2. The molecule has 0 aliphatic rings. The quantitative estimate of drug-likeness (QED) is 0.687. The van der Waals surface area contributed by atoms with E-state index in [9.17, 15) is 4.79 Å². The average Bonchev–Trinajstić information content (AvgIpc) is 2.55. The number of esters is 1. The number of benzene rings is 1. The second-order valence-corrected chi connectivity index (χ2v) is 4.69. The first kappa shape index (κ1) is 13.2. The Hall–Kier alpha value is -2.75. The third kappa shape index (κ3) is 2.89. The molecule has 1 atom stereocenters. The van der Waals surface area contributed by atoms with Crippen molar-refractivity contribution in [1.29, 1.82) is 0 Å². The van der Waals surface area contributed by atoms with Gasteiger partial charge in [0, 0.05) is 11.6 Å². The van der Waals surface area contributed by atoms with Crippen LogP contribution in [0, 0.1) is 0 Å². The lowest BCUT2D eigenvalue weighted by Gasteiger charge is -2.12. The Bertz CT molecular complexity index is 772. The van der Waals surface area contributed by atoms with Crippen LogP contribution in [0.25, 0.3) is 10.9 Å². The Morgan fingerprint density at radius 2 is 1.86 bits per heavy atom. The zero-order valence-corrected chi connectivity index (χ0v) is 11.6. The van der Waals surface area contributed by atoms with Crippen LogP contribution in [0.1, 0.15) is 29.2 Å². The van der Waals surface area contributed by atoms with Gasteiger partial charge in [-0.1, -0.05) is 30.3 Å². The van der Waals surface area contributed by atoms with E-state index in [1.165, 1.54) is 0 Å². The van der Waals surface area contributed by atoms with Crippen LogP contribution in [0.2, 0.25) is 0 Å². The highest BCUT2D eigenvalue weighted by Crippen LogP contribution is 2.17. The highest BCUT2D eigenvalue weighted by molar-refractivity contribution is 5.91. The van der Waals surface area contributed by atoms with Gasteiger partial charge in [0.25, 0.3) is 0 Å². The first-order valence-corrected chi connectivity index (χ1v) is 6.72. The van der Waals surface area contributed by atoms with Crippen LogP contribution in [-0.4, -0.2) is 15.9 Å². The molecule has 0 N–H and O–H groups in total. The Morgan fingerprint density at radius 3 is 2.67 bits per heavy atom. The van der Waals surface area contributed by atoms with Gasteiger partial charge in [0.2, 0.25) is 0 Å². The molecule has 0 saturated heterocycles. The van der Waals surface area contributed by atoms with Gasteiger partial charge in [0.1, 0.15) is 11.8 Å². The number of fused-ring (bicyclic) bond motifs is 1. The summed E-state index contributed by atoms with van der Waals surface area (Å²) < 4.78 is 5.41. The van der Waals surface area contributed by atoms with E-state index in [4.69, 9.17) is 4.74 Å². The molecule has 0 bridgehead atoms. The monoisotopic (exact) mass is 278 g/mol. The van der Waals surface area contributed by atoms with Crippen molar-refractivity contribution in [3.05, 3.63) is 72.2 Å². The third-order valence-electron chi connectivity index (χ3n) is 3.20. The van der Waals surface area contributed by atoms with Gasteiger partial charge in [-0.2, -0.15) is 0 Å². The fraction of sp³-hybridized carbons (Fsp3) is 0.118. The summed E-state index contributed by atoms with van der Waals surface area (Å²) in [5, 5.41) is 0.992. The molecule has 3 aromatic rings. The molecule has 4 nitrogen and oxygen atoms in total. The standard InChI is InChI=1S/C17H14N2O2/c1-12(14-7-4-5-11-18-14)21-17(20)16-10-9-13-6-2-3-8-15(13)19-16/h2-12H,1H3/t12-/m1/s1.